The summed E-state index contributed by atoms with van der Waals surface area (Å²) < 4.78 is 29.6. The molecule has 11 heteroatoms. The first-order chi connectivity index (χ1) is 18.7. The maximum Gasteiger partial charge on any atom is 0.264 e. The van der Waals surface area contributed by atoms with Crippen LogP contribution in [0.4, 0.5) is 5.69 Å². The lowest BCUT2D eigenvalue weighted by molar-refractivity contribution is -0.141. The Balaban J connectivity index is 2.08. The van der Waals surface area contributed by atoms with Crippen molar-refractivity contribution >= 4 is 73.3 Å². The van der Waals surface area contributed by atoms with Crippen LogP contribution in [0.1, 0.15) is 39.7 Å². The lowest BCUT2D eigenvalue weighted by atomic mass is 10.1. The van der Waals surface area contributed by atoms with Gasteiger partial charge in [-0.1, -0.05) is 54.4 Å². The highest BCUT2D eigenvalue weighted by Crippen LogP contribution is 2.27. The first kappa shape index (κ1) is 32.2. The van der Waals surface area contributed by atoms with Crippen molar-refractivity contribution in [2.75, 3.05) is 10.8 Å². The van der Waals surface area contributed by atoms with E-state index in [1.807, 2.05) is 20.8 Å². The summed E-state index contributed by atoms with van der Waals surface area (Å²) in [7, 11) is -4.12. The molecular weight excluding hydrogens is 684 g/mol. The second-order valence-corrected chi connectivity index (χ2v) is 14.2. The Morgan fingerprint density at radius 3 is 2.15 bits per heavy atom. The molecular formula is C29H32Cl2IN3O4S. The van der Waals surface area contributed by atoms with Gasteiger partial charge < -0.3 is 10.2 Å². The molecule has 0 saturated carbocycles. The monoisotopic (exact) mass is 715 g/mol. The van der Waals surface area contributed by atoms with Crippen LogP contribution in [0.25, 0.3) is 0 Å². The van der Waals surface area contributed by atoms with E-state index in [2.05, 4.69) is 27.9 Å². The molecule has 0 heterocycles. The Morgan fingerprint density at radius 1 is 0.975 bits per heavy atom. The zero-order valence-electron chi connectivity index (χ0n) is 22.7. The van der Waals surface area contributed by atoms with Crippen LogP contribution in [0.2, 0.25) is 10.0 Å². The summed E-state index contributed by atoms with van der Waals surface area (Å²) in [5.74, 6) is -0.903. The van der Waals surface area contributed by atoms with Gasteiger partial charge in [0.15, 0.2) is 0 Å². The Kier molecular flexibility index (Phi) is 10.9. The van der Waals surface area contributed by atoms with E-state index in [0.29, 0.717) is 27.7 Å². The molecule has 7 nitrogen and oxygen atoms in total. The van der Waals surface area contributed by atoms with Crippen molar-refractivity contribution in [3.05, 3.63) is 92.0 Å². The summed E-state index contributed by atoms with van der Waals surface area (Å²) in [6, 6.07) is 18.8. The first-order valence-electron chi connectivity index (χ1n) is 12.6. The minimum atomic E-state index is -4.12. The third-order valence-electron chi connectivity index (χ3n) is 5.96. The summed E-state index contributed by atoms with van der Waals surface area (Å²) in [5, 5.41) is 3.71. The Morgan fingerprint density at radius 2 is 1.60 bits per heavy atom. The molecule has 40 heavy (non-hydrogen) atoms. The SMILES string of the molecule is CC[C@@H](C(=O)NC(C)(C)C)N(Cc1ccc(Cl)cc1Cl)C(=O)CN(c1ccc(I)cc1)S(=O)(=O)c1ccccc1. The van der Waals surface area contributed by atoms with Gasteiger partial charge in [-0.15, -0.1) is 0 Å². The average molecular weight is 716 g/mol. The van der Waals surface area contributed by atoms with Crippen LogP contribution in [-0.2, 0) is 26.2 Å². The molecule has 0 aliphatic rings. The van der Waals surface area contributed by atoms with Crippen LogP contribution in [0, 0.1) is 3.57 Å². The zero-order chi connectivity index (χ0) is 29.7. The van der Waals surface area contributed by atoms with Gasteiger partial charge in [0.2, 0.25) is 11.8 Å². The van der Waals surface area contributed by atoms with E-state index < -0.39 is 34.1 Å². The van der Waals surface area contributed by atoms with E-state index in [0.717, 1.165) is 7.88 Å². The molecule has 0 spiro atoms. The Labute approximate surface area is 260 Å². The Bertz CT molecular complexity index is 1450. The van der Waals surface area contributed by atoms with Gasteiger partial charge in [0.25, 0.3) is 10.0 Å². The molecule has 0 unspecified atom stereocenters. The predicted molar refractivity (Wildman–Crippen MR) is 169 cm³/mol. The quantitative estimate of drug-likeness (QED) is 0.243. The summed E-state index contributed by atoms with van der Waals surface area (Å²) in [6.45, 7) is 6.81. The predicted octanol–water partition coefficient (Wildman–Crippen LogP) is 6.52. The fraction of sp³-hybridized carbons (Fsp3) is 0.310. The van der Waals surface area contributed by atoms with Crippen molar-refractivity contribution in [3.8, 4) is 0 Å². The van der Waals surface area contributed by atoms with Crippen molar-refractivity contribution < 1.29 is 18.0 Å². The highest BCUT2D eigenvalue weighted by Gasteiger charge is 2.34. The topological polar surface area (TPSA) is 86.8 Å². The van der Waals surface area contributed by atoms with Crippen LogP contribution >= 0.6 is 45.8 Å². The fourth-order valence-electron chi connectivity index (χ4n) is 4.06. The van der Waals surface area contributed by atoms with Crippen molar-refractivity contribution in [2.24, 2.45) is 0 Å². The lowest BCUT2D eigenvalue weighted by Gasteiger charge is -2.35. The number of halogens is 3. The number of nitrogens with zero attached hydrogens (tertiary/aromatic N) is 2. The van der Waals surface area contributed by atoms with Gasteiger partial charge in [-0.2, -0.15) is 0 Å². The molecule has 0 radical (unpaired) electrons. The molecule has 3 rings (SSSR count). The molecule has 0 aromatic heterocycles. The normalized spacial score (nSPS) is 12.5. The van der Waals surface area contributed by atoms with Crippen LogP contribution in [0.5, 0.6) is 0 Å². The molecule has 1 atom stereocenters. The number of carbonyl (C=O) groups excluding carboxylic acids is 2. The summed E-state index contributed by atoms with van der Waals surface area (Å²) in [5.41, 5.74) is 0.364. The van der Waals surface area contributed by atoms with E-state index in [-0.39, 0.29) is 17.3 Å². The number of anilines is 1. The van der Waals surface area contributed by atoms with E-state index >= 15 is 0 Å². The highest BCUT2D eigenvalue weighted by atomic mass is 127. The van der Waals surface area contributed by atoms with Gasteiger partial charge >= 0.3 is 0 Å². The molecule has 0 saturated heterocycles. The lowest BCUT2D eigenvalue weighted by Crippen LogP contribution is -2.55. The number of hydrogen-bond acceptors (Lipinski definition) is 4. The number of rotatable bonds is 10. The van der Waals surface area contributed by atoms with Crippen molar-refractivity contribution in [3.63, 3.8) is 0 Å². The molecule has 3 aromatic rings. The second kappa shape index (κ2) is 13.5. The van der Waals surface area contributed by atoms with Gasteiger partial charge in [-0.05, 0) is 104 Å². The molecule has 0 aliphatic carbocycles. The van der Waals surface area contributed by atoms with E-state index in [1.165, 1.54) is 17.0 Å². The number of hydrogen-bond donors (Lipinski definition) is 1. The van der Waals surface area contributed by atoms with E-state index in [9.17, 15) is 18.0 Å². The molecule has 0 aliphatic heterocycles. The van der Waals surface area contributed by atoms with E-state index in [4.69, 9.17) is 23.2 Å². The molecule has 1 N–H and O–H groups in total. The number of benzene rings is 3. The van der Waals surface area contributed by atoms with Gasteiger partial charge in [-0.25, -0.2) is 8.42 Å². The zero-order valence-corrected chi connectivity index (χ0v) is 27.2. The van der Waals surface area contributed by atoms with Gasteiger partial charge in [0.1, 0.15) is 12.6 Å². The number of sulfonamides is 1. The van der Waals surface area contributed by atoms with Crippen LogP contribution in [-0.4, -0.2) is 43.3 Å². The standard InChI is InChI=1S/C29H32Cl2IN3O4S/c1-5-26(28(37)33-29(2,3)4)34(18-20-11-12-21(30)17-25(20)31)27(36)19-35(23-15-13-22(32)14-16-23)40(38,39)24-9-7-6-8-10-24/h6-17,26H,5,18-19H2,1-4H3,(H,33,37)/t26-/m0/s1. The molecule has 214 valence electrons. The smallest absolute Gasteiger partial charge is 0.264 e. The fourth-order valence-corrected chi connectivity index (χ4v) is 6.32. The molecule has 0 bridgehead atoms. The summed E-state index contributed by atoms with van der Waals surface area (Å²) >= 11 is 14.7. The molecule has 2 amide bonds. The van der Waals surface area contributed by atoms with Crippen LogP contribution in [0.15, 0.2) is 77.7 Å². The van der Waals surface area contributed by atoms with Crippen molar-refractivity contribution in [2.45, 2.75) is 57.1 Å². The second-order valence-electron chi connectivity index (χ2n) is 10.2. The maximum absolute atomic E-state index is 14.1. The van der Waals surface area contributed by atoms with E-state index in [1.54, 1.807) is 67.6 Å². The van der Waals surface area contributed by atoms with Crippen LogP contribution in [0.3, 0.4) is 0 Å². The van der Waals surface area contributed by atoms with Gasteiger partial charge in [0.05, 0.1) is 10.6 Å². The summed E-state index contributed by atoms with van der Waals surface area (Å²) in [6.07, 6.45) is 0.299. The highest BCUT2D eigenvalue weighted by molar-refractivity contribution is 14.1. The molecule has 0 fully saturated rings. The van der Waals surface area contributed by atoms with Gasteiger partial charge in [0, 0.05) is 25.7 Å². The third kappa shape index (κ3) is 8.34. The van der Waals surface area contributed by atoms with Crippen LogP contribution < -0.4 is 9.62 Å². The van der Waals surface area contributed by atoms with Gasteiger partial charge in [-0.3, -0.25) is 13.9 Å². The van der Waals surface area contributed by atoms with Crippen molar-refractivity contribution in [1.82, 2.24) is 10.2 Å². The summed E-state index contributed by atoms with van der Waals surface area (Å²) in [4.78, 5) is 28.9. The maximum atomic E-state index is 14.1. The first-order valence-corrected chi connectivity index (χ1v) is 15.9. The number of carbonyl (C=O) groups is 2. The number of nitrogens with one attached hydrogen (secondary N) is 1. The molecule has 3 aromatic carbocycles. The van der Waals surface area contributed by atoms with Crippen molar-refractivity contribution in [1.29, 1.82) is 0 Å². The third-order valence-corrected chi connectivity index (χ3v) is 9.06. The number of amides is 2. The Hall–Kier alpha value is -2.34. The minimum Gasteiger partial charge on any atom is -0.350 e. The minimum absolute atomic E-state index is 0.0170. The largest absolute Gasteiger partial charge is 0.350 e. The average Bonchev–Trinajstić information content (AvgIpc) is 2.88.